The monoisotopic (exact) mass is 254 g/mol. The number of carboxylic acid groups (broad SMARTS) is 1. The Morgan fingerprint density at radius 2 is 1.71 bits per heavy atom. The lowest BCUT2D eigenvalue weighted by Gasteiger charge is -2.36. The molecule has 0 aliphatic rings. The van der Waals surface area contributed by atoms with Crippen molar-refractivity contribution in [3.63, 3.8) is 0 Å². The van der Waals surface area contributed by atoms with Crippen LogP contribution in [0.5, 0.6) is 0 Å². The highest BCUT2D eigenvalue weighted by Crippen LogP contribution is 2.20. The smallest absolute Gasteiger partial charge is 0.335 e. The highest BCUT2D eigenvalue weighted by molar-refractivity contribution is 5.72. The zero-order valence-electron chi connectivity index (χ0n) is 9.52. The summed E-state index contributed by atoms with van der Waals surface area (Å²) in [6.45, 7) is 0.582. The van der Waals surface area contributed by atoms with Gasteiger partial charge in [-0.2, -0.15) is 0 Å². The van der Waals surface area contributed by atoms with E-state index in [0.717, 1.165) is 7.11 Å². The third kappa shape index (κ3) is 3.60. The molecule has 5 unspecified atom stereocenters. The molecule has 0 fully saturated rings. The Bertz CT molecular complexity index is 251. The SMILES string of the molecule is COC(C)(CO)C(O)C(O)C(O)C(O)C(=O)O. The third-order valence-corrected chi connectivity index (χ3v) is 2.66. The predicted octanol–water partition coefficient (Wildman–Crippen LogP) is -3.09. The maximum Gasteiger partial charge on any atom is 0.335 e. The van der Waals surface area contributed by atoms with E-state index in [1.54, 1.807) is 0 Å². The van der Waals surface area contributed by atoms with Gasteiger partial charge in [0.1, 0.15) is 23.9 Å². The van der Waals surface area contributed by atoms with Gasteiger partial charge in [0, 0.05) is 7.11 Å². The highest BCUT2D eigenvalue weighted by Gasteiger charge is 2.43. The topological polar surface area (TPSA) is 148 Å². The lowest BCUT2D eigenvalue weighted by molar-refractivity contribution is -0.191. The van der Waals surface area contributed by atoms with Crippen LogP contribution < -0.4 is 0 Å². The normalized spacial score (nSPS) is 22.3. The fraction of sp³-hybridized carbons (Fsp3) is 0.889. The van der Waals surface area contributed by atoms with Crippen molar-refractivity contribution < 1.29 is 40.2 Å². The lowest BCUT2D eigenvalue weighted by Crippen LogP contribution is -2.57. The first-order valence-corrected chi connectivity index (χ1v) is 4.82. The molecular formula is C9H18O8. The number of carbonyl (C=O) groups is 1. The zero-order valence-corrected chi connectivity index (χ0v) is 9.52. The molecule has 0 aromatic carbocycles. The molecule has 6 N–H and O–H groups in total. The quantitative estimate of drug-likeness (QED) is 0.280. The molecule has 0 aliphatic heterocycles. The summed E-state index contributed by atoms with van der Waals surface area (Å²) in [6.07, 6.45) is -8.12. The molecule has 8 heteroatoms. The number of hydrogen-bond donors (Lipinski definition) is 6. The van der Waals surface area contributed by atoms with Crippen LogP contribution in [-0.2, 0) is 9.53 Å². The van der Waals surface area contributed by atoms with E-state index in [0.29, 0.717) is 0 Å². The fourth-order valence-corrected chi connectivity index (χ4v) is 1.16. The van der Waals surface area contributed by atoms with Crippen molar-refractivity contribution in [2.45, 2.75) is 36.9 Å². The Kier molecular flexibility index (Phi) is 5.96. The summed E-state index contributed by atoms with van der Waals surface area (Å²) in [6, 6.07) is 0. The molecule has 102 valence electrons. The molecule has 0 saturated carbocycles. The van der Waals surface area contributed by atoms with Gasteiger partial charge in [-0.15, -0.1) is 0 Å². The van der Waals surface area contributed by atoms with E-state index in [1.807, 2.05) is 0 Å². The number of hydrogen-bond acceptors (Lipinski definition) is 7. The van der Waals surface area contributed by atoms with E-state index in [2.05, 4.69) is 0 Å². The second kappa shape index (κ2) is 6.24. The van der Waals surface area contributed by atoms with E-state index < -0.39 is 42.6 Å². The summed E-state index contributed by atoms with van der Waals surface area (Å²) in [7, 11) is 1.16. The second-order valence-corrected chi connectivity index (χ2v) is 3.88. The van der Waals surface area contributed by atoms with Gasteiger partial charge in [0.05, 0.1) is 6.61 Å². The molecule has 0 rings (SSSR count). The molecule has 0 spiro atoms. The molecule has 0 saturated heterocycles. The number of methoxy groups -OCH3 is 1. The molecule has 0 radical (unpaired) electrons. The molecule has 0 aromatic heterocycles. The Labute approximate surface area is 97.7 Å². The van der Waals surface area contributed by atoms with Gasteiger partial charge in [-0.25, -0.2) is 4.79 Å². The van der Waals surface area contributed by atoms with E-state index in [4.69, 9.17) is 20.1 Å². The Balaban J connectivity index is 4.80. The molecular weight excluding hydrogens is 236 g/mol. The summed E-state index contributed by atoms with van der Waals surface area (Å²) >= 11 is 0. The first kappa shape index (κ1) is 16.2. The van der Waals surface area contributed by atoms with Crippen LogP contribution in [0.3, 0.4) is 0 Å². The number of rotatable bonds is 7. The van der Waals surface area contributed by atoms with Gasteiger partial charge in [0.25, 0.3) is 0 Å². The van der Waals surface area contributed by atoms with Crippen LogP contribution in [0, 0.1) is 0 Å². The van der Waals surface area contributed by atoms with Crippen molar-refractivity contribution in [2.24, 2.45) is 0 Å². The van der Waals surface area contributed by atoms with Gasteiger partial charge >= 0.3 is 5.97 Å². The Morgan fingerprint density at radius 1 is 1.24 bits per heavy atom. The van der Waals surface area contributed by atoms with Crippen LogP contribution in [0.1, 0.15) is 6.92 Å². The maximum absolute atomic E-state index is 10.4. The predicted molar refractivity (Wildman–Crippen MR) is 54.2 cm³/mol. The Morgan fingerprint density at radius 3 is 2.00 bits per heavy atom. The minimum Gasteiger partial charge on any atom is -0.479 e. The van der Waals surface area contributed by atoms with Gasteiger partial charge in [-0.05, 0) is 6.92 Å². The average molecular weight is 254 g/mol. The van der Waals surface area contributed by atoms with Gasteiger partial charge in [-0.3, -0.25) is 0 Å². The molecule has 0 aromatic rings. The van der Waals surface area contributed by atoms with Crippen LogP contribution in [-0.4, -0.2) is 80.3 Å². The van der Waals surface area contributed by atoms with Crippen molar-refractivity contribution in [3.8, 4) is 0 Å². The summed E-state index contributed by atoms with van der Waals surface area (Å²) < 4.78 is 4.76. The van der Waals surface area contributed by atoms with Crippen LogP contribution in [0.2, 0.25) is 0 Å². The average Bonchev–Trinajstić information content (AvgIpc) is 2.33. The number of aliphatic hydroxyl groups is 5. The van der Waals surface area contributed by atoms with E-state index in [1.165, 1.54) is 6.92 Å². The molecule has 0 amide bonds. The van der Waals surface area contributed by atoms with Crippen molar-refractivity contribution >= 4 is 5.97 Å². The largest absolute Gasteiger partial charge is 0.479 e. The fourth-order valence-electron chi connectivity index (χ4n) is 1.16. The summed E-state index contributed by atoms with van der Waals surface area (Å²) in [5, 5.41) is 54.8. The summed E-state index contributed by atoms with van der Waals surface area (Å²) in [5.74, 6) is -1.74. The molecule has 0 heterocycles. The van der Waals surface area contributed by atoms with Crippen LogP contribution in [0.25, 0.3) is 0 Å². The number of ether oxygens (including phenoxy) is 1. The first-order chi connectivity index (χ1) is 7.71. The molecule has 0 bridgehead atoms. The highest BCUT2D eigenvalue weighted by atomic mass is 16.5. The zero-order chi connectivity index (χ0) is 13.8. The van der Waals surface area contributed by atoms with Crippen LogP contribution >= 0.6 is 0 Å². The Hall–Kier alpha value is -0.770. The number of aliphatic hydroxyl groups excluding tert-OH is 5. The van der Waals surface area contributed by atoms with Crippen molar-refractivity contribution in [1.29, 1.82) is 0 Å². The number of carboxylic acids is 1. The van der Waals surface area contributed by atoms with Crippen molar-refractivity contribution in [1.82, 2.24) is 0 Å². The van der Waals surface area contributed by atoms with Gasteiger partial charge in [0.2, 0.25) is 0 Å². The van der Waals surface area contributed by atoms with Gasteiger partial charge < -0.3 is 35.4 Å². The van der Waals surface area contributed by atoms with Crippen molar-refractivity contribution in [3.05, 3.63) is 0 Å². The second-order valence-electron chi connectivity index (χ2n) is 3.88. The molecule has 8 nitrogen and oxygen atoms in total. The van der Waals surface area contributed by atoms with E-state index in [-0.39, 0.29) is 0 Å². The van der Waals surface area contributed by atoms with E-state index >= 15 is 0 Å². The minimum absolute atomic E-state index is 0.669. The lowest BCUT2D eigenvalue weighted by atomic mass is 9.90. The maximum atomic E-state index is 10.4. The standard InChI is InChI=1S/C9H18O8/c1-9(3-10,17-2)7(14)5(12)4(11)6(13)8(15)16/h4-7,10-14H,3H2,1-2H3,(H,15,16). The summed E-state index contributed by atoms with van der Waals surface area (Å²) in [4.78, 5) is 10.4. The van der Waals surface area contributed by atoms with Crippen molar-refractivity contribution in [2.75, 3.05) is 13.7 Å². The number of aliphatic carboxylic acids is 1. The molecule has 0 aliphatic carbocycles. The summed E-state index contributed by atoms with van der Waals surface area (Å²) in [5.41, 5.74) is -1.58. The van der Waals surface area contributed by atoms with Crippen LogP contribution in [0.15, 0.2) is 0 Å². The van der Waals surface area contributed by atoms with Gasteiger partial charge in [0.15, 0.2) is 6.10 Å². The van der Waals surface area contributed by atoms with E-state index in [9.17, 15) is 20.1 Å². The van der Waals surface area contributed by atoms with Crippen LogP contribution in [0.4, 0.5) is 0 Å². The first-order valence-electron chi connectivity index (χ1n) is 4.82. The third-order valence-electron chi connectivity index (χ3n) is 2.66. The minimum atomic E-state index is -2.25. The molecule has 5 atom stereocenters. The molecule has 17 heavy (non-hydrogen) atoms. The van der Waals surface area contributed by atoms with Gasteiger partial charge in [-0.1, -0.05) is 0 Å².